The molecule has 38 heavy (non-hydrogen) atoms. The number of nitrogens with one attached hydrogen (secondary N) is 1. The lowest BCUT2D eigenvalue weighted by atomic mass is 9.49. The summed E-state index contributed by atoms with van der Waals surface area (Å²) < 4.78 is 11.7. The molecule has 1 aliphatic heterocycles. The number of methoxy groups -OCH3 is 1. The minimum atomic E-state index is -0.306. The highest BCUT2D eigenvalue weighted by Crippen LogP contribution is 2.56. The fraction of sp³-hybridized carbons (Fsp3) is 0.548. The normalized spacial score (nSPS) is 25.0. The Bertz CT molecular complexity index is 1210. The number of carbonyl (C=O) groups excluding carboxylic acids is 1. The maximum absolute atomic E-state index is 13.3. The molecule has 202 valence electrons. The second-order valence-corrected chi connectivity index (χ2v) is 12.6. The van der Waals surface area contributed by atoms with Gasteiger partial charge in [-0.1, -0.05) is 27.7 Å². The van der Waals surface area contributed by atoms with Crippen molar-refractivity contribution in [1.82, 2.24) is 5.32 Å². The first kappa shape index (κ1) is 26.4. The number of aliphatic hydroxyl groups excluding tert-OH is 1. The van der Waals surface area contributed by atoms with Crippen LogP contribution >= 0.6 is 0 Å². The van der Waals surface area contributed by atoms with Gasteiger partial charge in [0.1, 0.15) is 23.7 Å². The number of hydrogen-bond donors (Lipinski definition) is 2. The Labute approximate surface area is 225 Å². The first-order chi connectivity index (χ1) is 18.0. The molecule has 1 amide bonds. The lowest BCUT2D eigenvalue weighted by Gasteiger charge is -2.63. The Hall–Kier alpha value is -3.24. The minimum Gasteiger partial charge on any atom is -0.495 e. The third-order valence-electron chi connectivity index (χ3n) is 9.32. The Morgan fingerprint density at radius 2 is 1.68 bits per heavy atom. The van der Waals surface area contributed by atoms with E-state index >= 15 is 0 Å². The van der Waals surface area contributed by atoms with E-state index in [9.17, 15) is 15.2 Å². The van der Waals surface area contributed by atoms with Crippen molar-refractivity contribution in [3.8, 4) is 17.6 Å². The Kier molecular flexibility index (Phi) is 6.59. The molecule has 2 N–H and O–H groups in total. The van der Waals surface area contributed by atoms with Crippen LogP contribution in [-0.2, 0) is 0 Å². The van der Waals surface area contributed by atoms with Gasteiger partial charge in [0.05, 0.1) is 18.8 Å². The van der Waals surface area contributed by atoms with Crippen LogP contribution in [-0.4, -0.2) is 49.5 Å². The molecule has 0 radical (unpaired) electrons. The van der Waals surface area contributed by atoms with Gasteiger partial charge in [-0.2, -0.15) is 5.26 Å². The van der Waals surface area contributed by atoms with E-state index in [1.54, 1.807) is 18.2 Å². The number of benzene rings is 2. The second kappa shape index (κ2) is 9.50. The first-order valence-corrected chi connectivity index (χ1v) is 13.6. The van der Waals surface area contributed by atoms with Gasteiger partial charge < -0.3 is 24.8 Å². The van der Waals surface area contributed by atoms with E-state index in [2.05, 4.69) is 44.0 Å². The number of ether oxygens (including phenoxy) is 2. The predicted octanol–water partition coefficient (Wildman–Crippen LogP) is 4.92. The van der Waals surface area contributed by atoms with Gasteiger partial charge in [-0.25, -0.2) is 0 Å². The molecule has 7 heteroatoms. The molecule has 5 rings (SSSR count). The highest BCUT2D eigenvalue weighted by molar-refractivity contribution is 5.95. The van der Waals surface area contributed by atoms with Crippen molar-refractivity contribution < 1.29 is 19.4 Å². The van der Waals surface area contributed by atoms with Gasteiger partial charge in [-0.05, 0) is 67.5 Å². The van der Waals surface area contributed by atoms with Crippen LogP contribution in [0.4, 0.5) is 5.69 Å². The molecule has 0 atom stereocenters. The number of rotatable bonds is 6. The zero-order valence-corrected chi connectivity index (χ0v) is 23.1. The zero-order valence-electron chi connectivity index (χ0n) is 23.1. The highest BCUT2D eigenvalue weighted by atomic mass is 16.5. The maximum Gasteiger partial charge on any atom is 0.251 e. The summed E-state index contributed by atoms with van der Waals surface area (Å²) in [4.78, 5) is 15.6. The number of amides is 1. The van der Waals surface area contributed by atoms with E-state index < -0.39 is 0 Å². The molecule has 2 aliphatic carbocycles. The van der Waals surface area contributed by atoms with Crippen LogP contribution in [0.2, 0.25) is 0 Å². The lowest BCUT2D eigenvalue weighted by Crippen LogP contribution is -2.74. The average molecular weight is 518 g/mol. The van der Waals surface area contributed by atoms with Crippen molar-refractivity contribution >= 4 is 11.6 Å². The average Bonchev–Trinajstić information content (AvgIpc) is 2.89. The van der Waals surface area contributed by atoms with Crippen LogP contribution in [0.5, 0.6) is 11.5 Å². The number of nitriles is 1. The van der Waals surface area contributed by atoms with Gasteiger partial charge in [0.15, 0.2) is 0 Å². The molecular formula is C31H39N3O4. The monoisotopic (exact) mass is 517 g/mol. The number of nitrogens with zero attached hydrogens (tertiary/aromatic N) is 2. The van der Waals surface area contributed by atoms with E-state index in [0.717, 1.165) is 44.5 Å². The number of hydrogen-bond acceptors (Lipinski definition) is 6. The van der Waals surface area contributed by atoms with Gasteiger partial charge in [-0.15, -0.1) is 0 Å². The summed E-state index contributed by atoms with van der Waals surface area (Å²) in [5.41, 5.74) is 2.00. The second-order valence-electron chi connectivity index (χ2n) is 12.6. The molecule has 0 aromatic heterocycles. The SMILES string of the molecule is COc1cc(OC2C(C)(C)C(NC(=O)c3ccc(N4CCC5(CC4)CC(O)C5)cc3)C2(C)C)ccc1C#N. The molecule has 2 saturated carbocycles. The van der Waals surface area contributed by atoms with Crippen molar-refractivity contribution in [2.24, 2.45) is 16.2 Å². The van der Waals surface area contributed by atoms with Crippen molar-refractivity contribution in [2.45, 2.75) is 71.6 Å². The number of carbonyl (C=O) groups is 1. The molecule has 1 spiro atoms. The van der Waals surface area contributed by atoms with E-state index in [4.69, 9.17) is 9.47 Å². The summed E-state index contributed by atoms with van der Waals surface area (Å²) in [5, 5.41) is 22.3. The third-order valence-corrected chi connectivity index (χ3v) is 9.32. The molecule has 7 nitrogen and oxygen atoms in total. The zero-order chi connectivity index (χ0) is 27.3. The summed E-state index contributed by atoms with van der Waals surface area (Å²) >= 11 is 0. The summed E-state index contributed by atoms with van der Waals surface area (Å²) in [6.45, 7) is 10.4. The number of aliphatic hydroxyl groups is 1. The van der Waals surface area contributed by atoms with Crippen LogP contribution in [0.25, 0.3) is 0 Å². The Morgan fingerprint density at radius 1 is 1.05 bits per heavy atom. The lowest BCUT2D eigenvalue weighted by molar-refractivity contribution is -0.164. The Balaban J connectivity index is 1.21. The molecule has 3 fully saturated rings. The molecular weight excluding hydrogens is 478 g/mol. The number of anilines is 1. The van der Waals surface area contributed by atoms with Gasteiger partial charge >= 0.3 is 0 Å². The fourth-order valence-electron chi connectivity index (χ4n) is 7.40. The van der Waals surface area contributed by atoms with Gasteiger partial charge in [0.2, 0.25) is 0 Å². The molecule has 3 aliphatic rings. The summed E-state index contributed by atoms with van der Waals surface area (Å²) in [5.74, 6) is 1.05. The van der Waals surface area contributed by atoms with Gasteiger partial charge in [-0.3, -0.25) is 4.79 Å². The molecule has 0 bridgehead atoms. The van der Waals surface area contributed by atoms with Crippen LogP contribution in [0.1, 0.15) is 69.3 Å². The van der Waals surface area contributed by atoms with Crippen molar-refractivity contribution in [3.63, 3.8) is 0 Å². The quantitative estimate of drug-likeness (QED) is 0.565. The van der Waals surface area contributed by atoms with Crippen LogP contribution < -0.4 is 19.7 Å². The summed E-state index contributed by atoms with van der Waals surface area (Å²) in [6, 6.07) is 15.2. The Morgan fingerprint density at radius 3 is 2.24 bits per heavy atom. The summed E-state index contributed by atoms with van der Waals surface area (Å²) in [7, 11) is 1.54. The first-order valence-electron chi connectivity index (χ1n) is 13.6. The largest absolute Gasteiger partial charge is 0.495 e. The molecule has 2 aromatic rings. The van der Waals surface area contributed by atoms with E-state index in [0.29, 0.717) is 28.0 Å². The highest BCUT2D eigenvalue weighted by Gasteiger charge is 2.64. The molecule has 1 saturated heterocycles. The molecule has 2 aromatic carbocycles. The fourth-order valence-corrected chi connectivity index (χ4v) is 7.40. The van der Waals surface area contributed by atoms with Gasteiger partial charge in [0, 0.05) is 47.3 Å². The van der Waals surface area contributed by atoms with Crippen LogP contribution in [0.15, 0.2) is 42.5 Å². The summed E-state index contributed by atoms with van der Waals surface area (Å²) in [6.07, 6.45) is 3.89. The van der Waals surface area contributed by atoms with E-state index in [1.807, 2.05) is 24.3 Å². The third kappa shape index (κ3) is 4.49. The molecule has 0 unspecified atom stereocenters. The minimum absolute atomic E-state index is 0.0800. The van der Waals surface area contributed by atoms with Crippen LogP contribution in [0.3, 0.4) is 0 Å². The van der Waals surface area contributed by atoms with E-state index in [1.165, 1.54) is 7.11 Å². The topological polar surface area (TPSA) is 94.8 Å². The van der Waals surface area contributed by atoms with Gasteiger partial charge in [0.25, 0.3) is 5.91 Å². The standard InChI is InChI=1S/C31H39N3O4/c1-29(2)27(30(3,4)28(29)38-24-11-8-21(19-32)25(16-24)37-5)33-26(36)20-6-9-22(10-7-20)34-14-12-31(13-15-34)17-23(35)18-31/h6-11,16,23,27-28,35H,12-15,17-18H2,1-5H3,(H,33,36). The van der Waals surface area contributed by atoms with Crippen molar-refractivity contribution in [1.29, 1.82) is 5.26 Å². The smallest absolute Gasteiger partial charge is 0.251 e. The van der Waals surface area contributed by atoms with Crippen LogP contribution in [0, 0.1) is 27.6 Å². The maximum atomic E-state index is 13.3. The van der Waals surface area contributed by atoms with Crippen molar-refractivity contribution in [3.05, 3.63) is 53.6 Å². The predicted molar refractivity (Wildman–Crippen MR) is 147 cm³/mol. The van der Waals surface area contributed by atoms with Crippen molar-refractivity contribution in [2.75, 3.05) is 25.1 Å². The van der Waals surface area contributed by atoms with E-state index in [-0.39, 0.29) is 35.0 Å². The molecule has 1 heterocycles. The number of piperidine rings is 1.